The standard InChI is InChI=1S/C21H28O/c1-4-5-6-7-10-18-15-17(16(2)3)13-14-19(18)20-11-8-9-12-21(20)22/h8-9,11-16,22H,4-7,10H2,1-3H3. The van der Waals surface area contributed by atoms with Crippen molar-refractivity contribution < 1.29 is 5.11 Å². The van der Waals surface area contributed by atoms with Crippen LogP contribution in [0.5, 0.6) is 5.75 Å². The summed E-state index contributed by atoms with van der Waals surface area (Å²) in [6.07, 6.45) is 6.15. The molecule has 0 radical (unpaired) electrons. The van der Waals surface area contributed by atoms with Crippen molar-refractivity contribution in [3.63, 3.8) is 0 Å². The van der Waals surface area contributed by atoms with E-state index >= 15 is 0 Å². The zero-order valence-electron chi connectivity index (χ0n) is 14.1. The average Bonchev–Trinajstić information content (AvgIpc) is 2.52. The molecule has 2 aromatic rings. The number of aryl methyl sites for hydroxylation is 1. The van der Waals surface area contributed by atoms with Crippen molar-refractivity contribution in [2.24, 2.45) is 0 Å². The Morgan fingerprint density at radius 1 is 0.909 bits per heavy atom. The van der Waals surface area contributed by atoms with Crippen LogP contribution >= 0.6 is 0 Å². The maximum absolute atomic E-state index is 10.2. The fourth-order valence-electron chi connectivity index (χ4n) is 2.89. The lowest BCUT2D eigenvalue weighted by Crippen LogP contribution is -1.96. The van der Waals surface area contributed by atoms with Gasteiger partial charge in [0.2, 0.25) is 0 Å². The summed E-state index contributed by atoms with van der Waals surface area (Å²) in [5.41, 5.74) is 4.87. The minimum atomic E-state index is 0.370. The fraction of sp³-hybridized carbons (Fsp3) is 0.429. The zero-order valence-corrected chi connectivity index (χ0v) is 14.1. The summed E-state index contributed by atoms with van der Waals surface area (Å²) in [6.45, 7) is 6.71. The Kier molecular flexibility index (Phi) is 6.06. The first-order valence-electron chi connectivity index (χ1n) is 8.54. The fourth-order valence-corrected chi connectivity index (χ4v) is 2.89. The van der Waals surface area contributed by atoms with Crippen molar-refractivity contribution in [3.8, 4) is 16.9 Å². The smallest absolute Gasteiger partial charge is 0.123 e. The molecule has 0 aliphatic heterocycles. The van der Waals surface area contributed by atoms with Gasteiger partial charge in [-0.05, 0) is 41.5 Å². The molecule has 22 heavy (non-hydrogen) atoms. The molecule has 1 heteroatoms. The number of aromatic hydroxyl groups is 1. The summed E-state index contributed by atoms with van der Waals surface area (Å²) >= 11 is 0. The molecule has 0 amide bonds. The van der Waals surface area contributed by atoms with Crippen LogP contribution in [0.4, 0.5) is 0 Å². The highest BCUT2D eigenvalue weighted by Crippen LogP contribution is 2.33. The van der Waals surface area contributed by atoms with Gasteiger partial charge in [-0.1, -0.05) is 76.4 Å². The molecule has 2 aromatic carbocycles. The van der Waals surface area contributed by atoms with Crippen LogP contribution in [0.25, 0.3) is 11.1 Å². The third-order valence-electron chi connectivity index (χ3n) is 4.29. The SMILES string of the molecule is CCCCCCc1cc(C(C)C)ccc1-c1ccccc1O. The monoisotopic (exact) mass is 296 g/mol. The number of hydrogen-bond acceptors (Lipinski definition) is 1. The Bertz CT molecular complexity index is 599. The average molecular weight is 296 g/mol. The van der Waals surface area contributed by atoms with E-state index in [1.54, 1.807) is 6.07 Å². The number of unbranched alkanes of at least 4 members (excludes halogenated alkanes) is 3. The van der Waals surface area contributed by atoms with Crippen LogP contribution < -0.4 is 0 Å². The van der Waals surface area contributed by atoms with Gasteiger partial charge in [-0.15, -0.1) is 0 Å². The lowest BCUT2D eigenvalue weighted by atomic mass is 9.91. The lowest BCUT2D eigenvalue weighted by molar-refractivity contribution is 0.477. The topological polar surface area (TPSA) is 20.2 Å². The highest BCUT2D eigenvalue weighted by Gasteiger charge is 2.11. The van der Waals surface area contributed by atoms with Crippen LogP contribution in [0.1, 0.15) is 63.5 Å². The van der Waals surface area contributed by atoms with E-state index in [2.05, 4.69) is 39.0 Å². The van der Waals surface area contributed by atoms with Gasteiger partial charge in [0.1, 0.15) is 5.75 Å². The number of rotatable bonds is 7. The van der Waals surface area contributed by atoms with Gasteiger partial charge in [-0.25, -0.2) is 0 Å². The second-order valence-corrected chi connectivity index (χ2v) is 6.40. The summed E-state index contributed by atoms with van der Waals surface area (Å²) in [5.74, 6) is 0.905. The van der Waals surface area contributed by atoms with E-state index in [0.717, 1.165) is 12.0 Å². The van der Waals surface area contributed by atoms with Crippen molar-refractivity contribution in [1.82, 2.24) is 0 Å². The van der Waals surface area contributed by atoms with Crippen LogP contribution in [0.2, 0.25) is 0 Å². The van der Waals surface area contributed by atoms with Crippen molar-refractivity contribution >= 4 is 0 Å². The van der Waals surface area contributed by atoms with Crippen molar-refractivity contribution in [1.29, 1.82) is 0 Å². The molecule has 0 saturated heterocycles. The second kappa shape index (κ2) is 8.03. The van der Waals surface area contributed by atoms with Crippen molar-refractivity contribution in [2.75, 3.05) is 0 Å². The quantitative estimate of drug-likeness (QED) is 0.594. The first-order chi connectivity index (χ1) is 10.6. The van der Waals surface area contributed by atoms with Crippen molar-refractivity contribution in [3.05, 3.63) is 53.6 Å². The molecule has 0 aliphatic carbocycles. The van der Waals surface area contributed by atoms with Gasteiger partial charge in [0, 0.05) is 5.56 Å². The zero-order chi connectivity index (χ0) is 15.9. The van der Waals surface area contributed by atoms with Crippen molar-refractivity contribution in [2.45, 2.75) is 58.8 Å². The van der Waals surface area contributed by atoms with E-state index in [1.165, 1.54) is 42.4 Å². The third-order valence-corrected chi connectivity index (χ3v) is 4.29. The molecule has 0 aromatic heterocycles. The molecule has 0 heterocycles. The molecule has 1 N–H and O–H groups in total. The molecule has 2 rings (SSSR count). The maximum atomic E-state index is 10.2. The number of hydrogen-bond donors (Lipinski definition) is 1. The molecule has 0 aliphatic rings. The van der Waals surface area contributed by atoms with E-state index in [1.807, 2.05) is 18.2 Å². The molecule has 0 atom stereocenters. The van der Waals surface area contributed by atoms with Crippen LogP contribution in [0, 0.1) is 0 Å². The van der Waals surface area contributed by atoms with Crippen LogP contribution in [0.3, 0.4) is 0 Å². The Hall–Kier alpha value is -1.76. The first kappa shape index (κ1) is 16.6. The molecular weight excluding hydrogens is 268 g/mol. The Morgan fingerprint density at radius 2 is 1.68 bits per heavy atom. The predicted octanol–water partition coefficient (Wildman–Crippen LogP) is 6.31. The van der Waals surface area contributed by atoms with Gasteiger partial charge in [-0.3, -0.25) is 0 Å². The Balaban J connectivity index is 2.33. The number of phenolic OH excluding ortho intramolecular Hbond substituents is 1. The van der Waals surface area contributed by atoms with Crippen LogP contribution in [0.15, 0.2) is 42.5 Å². The van der Waals surface area contributed by atoms with Crippen LogP contribution in [-0.2, 0) is 6.42 Å². The molecule has 1 nitrogen and oxygen atoms in total. The molecular formula is C21H28O. The number of benzene rings is 2. The van der Waals surface area contributed by atoms with Gasteiger partial charge in [0.15, 0.2) is 0 Å². The van der Waals surface area contributed by atoms with Gasteiger partial charge in [0.05, 0.1) is 0 Å². The van der Waals surface area contributed by atoms with E-state index in [4.69, 9.17) is 0 Å². The lowest BCUT2D eigenvalue weighted by Gasteiger charge is -2.15. The normalized spacial score (nSPS) is 11.1. The maximum Gasteiger partial charge on any atom is 0.123 e. The second-order valence-electron chi connectivity index (χ2n) is 6.40. The van der Waals surface area contributed by atoms with Gasteiger partial charge < -0.3 is 5.11 Å². The van der Waals surface area contributed by atoms with E-state index in [0.29, 0.717) is 11.7 Å². The molecule has 0 bridgehead atoms. The van der Waals surface area contributed by atoms with Crippen LogP contribution in [-0.4, -0.2) is 5.11 Å². The summed E-state index contributed by atoms with van der Waals surface area (Å²) < 4.78 is 0. The predicted molar refractivity (Wildman–Crippen MR) is 95.5 cm³/mol. The number of phenols is 1. The molecule has 118 valence electrons. The summed E-state index contributed by atoms with van der Waals surface area (Å²) in [7, 11) is 0. The molecule has 0 unspecified atom stereocenters. The largest absolute Gasteiger partial charge is 0.507 e. The van der Waals surface area contributed by atoms with Gasteiger partial charge in [0.25, 0.3) is 0 Å². The summed E-state index contributed by atoms with van der Waals surface area (Å²) in [6, 6.07) is 14.4. The minimum Gasteiger partial charge on any atom is -0.507 e. The Labute approximate surface area is 135 Å². The summed E-state index contributed by atoms with van der Waals surface area (Å²) in [4.78, 5) is 0. The summed E-state index contributed by atoms with van der Waals surface area (Å²) in [5, 5.41) is 10.2. The van der Waals surface area contributed by atoms with E-state index in [-0.39, 0.29) is 0 Å². The molecule has 0 fully saturated rings. The van der Waals surface area contributed by atoms with Gasteiger partial charge >= 0.3 is 0 Å². The Morgan fingerprint density at radius 3 is 2.36 bits per heavy atom. The number of para-hydroxylation sites is 1. The molecule has 0 spiro atoms. The van der Waals surface area contributed by atoms with Gasteiger partial charge in [-0.2, -0.15) is 0 Å². The highest BCUT2D eigenvalue weighted by atomic mass is 16.3. The third kappa shape index (κ3) is 4.13. The van der Waals surface area contributed by atoms with E-state index in [9.17, 15) is 5.11 Å². The highest BCUT2D eigenvalue weighted by molar-refractivity contribution is 5.73. The first-order valence-corrected chi connectivity index (χ1v) is 8.54. The minimum absolute atomic E-state index is 0.370. The molecule has 0 saturated carbocycles. The van der Waals surface area contributed by atoms with E-state index < -0.39 is 0 Å².